The Kier molecular flexibility index (Phi) is 5.90. The first-order valence-corrected chi connectivity index (χ1v) is 7.78. The summed E-state index contributed by atoms with van der Waals surface area (Å²) in [6.07, 6.45) is 4.74. The minimum Gasteiger partial charge on any atom is -0.311 e. The van der Waals surface area contributed by atoms with Crippen LogP contribution in [0.3, 0.4) is 0 Å². The highest BCUT2D eigenvalue weighted by molar-refractivity contribution is 6.01. The smallest absolute Gasteiger partial charge is 0.311 e. The topological polar surface area (TPSA) is 73.5 Å². The molecule has 0 atom stereocenters. The average molecular weight is 316 g/mol. The molecule has 3 amide bonds. The zero-order valence-corrected chi connectivity index (χ0v) is 13.6. The van der Waals surface area contributed by atoms with Crippen LogP contribution in [0.1, 0.15) is 25.8 Å². The highest BCUT2D eigenvalue weighted by Crippen LogP contribution is 2.18. The van der Waals surface area contributed by atoms with Crippen molar-refractivity contribution in [2.45, 2.75) is 25.8 Å². The van der Waals surface area contributed by atoms with Crippen molar-refractivity contribution in [3.05, 3.63) is 48.0 Å². The number of carbonyl (C=O) groups excluding carboxylic acids is 2. The number of urea groups is 1. The lowest BCUT2D eigenvalue weighted by Crippen LogP contribution is -2.46. The normalized spacial score (nSPS) is 15.5. The minimum absolute atomic E-state index is 0.147. The van der Waals surface area contributed by atoms with Crippen LogP contribution < -0.4 is 16.2 Å². The number of benzene rings is 1. The molecule has 0 aromatic heterocycles. The Balaban J connectivity index is 1.63. The van der Waals surface area contributed by atoms with E-state index < -0.39 is 0 Å². The first kappa shape index (κ1) is 17.2. The Labute approximate surface area is 136 Å². The summed E-state index contributed by atoms with van der Waals surface area (Å²) < 4.78 is 0. The summed E-state index contributed by atoms with van der Waals surface area (Å²) in [4.78, 5) is 23.8. The summed E-state index contributed by atoms with van der Waals surface area (Å²) in [5, 5.41) is 2.25. The van der Waals surface area contributed by atoms with Crippen LogP contribution in [-0.4, -0.2) is 36.5 Å². The van der Waals surface area contributed by atoms with Gasteiger partial charge in [0.05, 0.1) is 5.54 Å². The molecule has 1 saturated heterocycles. The molecule has 1 fully saturated rings. The summed E-state index contributed by atoms with van der Waals surface area (Å²) in [7, 11) is 0. The third-order valence-corrected chi connectivity index (χ3v) is 3.69. The van der Waals surface area contributed by atoms with Crippen LogP contribution in [0, 0.1) is 0 Å². The molecule has 6 nitrogen and oxygen atoms in total. The standard InChI is InChI=1S/C17H24N4O2/c1-17(2,14-9-5-3-6-10-14)20-18-11-7-4-8-12-21-13-15(22)19-16(21)23/h3-6,8-10,18,20H,7,11-13H2,1-2H3,(H,19,22,23)/b8-4-. The number of hydrogen-bond acceptors (Lipinski definition) is 4. The van der Waals surface area contributed by atoms with E-state index in [1.165, 1.54) is 10.5 Å². The van der Waals surface area contributed by atoms with Crippen molar-refractivity contribution < 1.29 is 9.59 Å². The fourth-order valence-electron chi connectivity index (χ4n) is 2.32. The van der Waals surface area contributed by atoms with Crippen LogP contribution in [0.25, 0.3) is 0 Å². The van der Waals surface area contributed by atoms with Crippen LogP contribution in [0.15, 0.2) is 42.5 Å². The van der Waals surface area contributed by atoms with Gasteiger partial charge in [0.15, 0.2) is 0 Å². The van der Waals surface area contributed by atoms with Crippen molar-refractivity contribution in [3.63, 3.8) is 0 Å². The Morgan fingerprint density at radius 2 is 1.96 bits per heavy atom. The summed E-state index contributed by atoms with van der Waals surface area (Å²) >= 11 is 0. The molecule has 124 valence electrons. The lowest BCUT2D eigenvalue weighted by Gasteiger charge is -2.27. The predicted octanol–water partition coefficient (Wildman–Crippen LogP) is 1.51. The van der Waals surface area contributed by atoms with Gasteiger partial charge in [-0.15, -0.1) is 0 Å². The van der Waals surface area contributed by atoms with Crippen LogP contribution in [0.5, 0.6) is 0 Å². The molecule has 1 aliphatic heterocycles. The third-order valence-electron chi connectivity index (χ3n) is 3.69. The molecule has 0 radical (unpaired) electrons. The molecule has 0 bridgehead atoms. The van der Waals surface area contributed by atoms with E-state index >= 15 is 0 Å². The molecule has 0 unspecified atom stereocenters. The van der Waals surface area contributed by atoms with Crippen molar-refractivity contribution in [2.75, 3.05) is 19.6 Å². The first-order valence-electron chi connectivity index (χ1n) is 7.78. The number of nitrogens with zero attached hydrogens (tertiary/aromatic N) is 1. The van der Waals surface area contributed by atoms with Gasteiger partial charge in [-0.25, -0.2) is 10.2 Å². The number of hydrogen-bond donors (Lipinski definition) is 3. The van der Waals surface area contributed by atoms with Gasteiger partial charge < -0.3 is 4.90 Å². The maximum Gasteiger partial charge on any atom is 0.324 e. The largest absolute Gasteiger partial charge is 0.324 e. The van der Waals surface area contributed by atoms with Gasteiger partial charge in [-0.1, -0.05) is 42.5 Å². The fourth-order valence-corrected chi connectivity index (χ4v) is 2.32. The SMILES string of the molecule is CC(C)(NNCC/C=C\CN1CC(=O)NC1=O)c1ccccc1. The van der Waals surface area contributed by atoms with Gasteiger partial charge in [0.1, 0.15) is 6.54 Å². The molecule has 1 aromatic carbocycles. The predicted molar refractivity (Wildman–Crippen MR) is 89.5 cm³/mol. The summed E-state index contributed by atoms with van der Waals surface area (Å²) in [5.74, 6) is -0.239. The summed E-state index contributed by atoms with van der Waals surface area (Å²) in [6.45, 7) is 5.62. The van der Waals surface area contributed by atoms with Gasteiger partial charge in [-0.3, -0.25) is 15.5 Å². The van der Waals surface area contributed by atoms with Gasteiger partial charge >= 0.3 is 6.03 Å². The highest BCUT2D eigenvalue weighted by Gasteiger charge is 2.25. The van der Waals surface area contributed by atoms with Crippen molar-refractivity contribution in [1.29, 1.82) is 0 Å². The van der Waals surface area contributed by atoms with Crippen LogP contribution in [-0.2, 0) is 10.3 Å². The quantitative estimate of drug-likeness (QED) is 0.294. The molecule has 3 N–H and O–H groups in total. The first-order chi connectivity index (χ1) is 11.0. The maximum atomic E-state index is 11.3. The Bertz CT molecular complexity index is 569. The number of rotatable bonds is 8. The van der Waals surface area contributed by atoms with Crippen molar-refractivity contribution in [1.82, 2.24) is 21.1 Å². The molecular formula is C17H24N4O2. The monoisotopic (exact) mass is 316 g/mol. The van der Waals surface area contributed by atoms with E-state index in [-0.39, 0.29) is 24.0 Å². The lowest BCUT2D eigenvalue weighted by atomic mass is 9.95. The second-order valence-electron chi connectivity index (χ2n) is 6.04. The molecule has 2 rings (SSSR count). The van der Waals surface area contributed by atoms with Gasteiger partial charge in [-0.2, -0.15) is 0 Å². The number of imide groups is 1. The Morgan fingerprint density at radius 3 is 2.61 bits per heavy atom. The average Bonchev–Trinajstić information content (AvgIpc) is 2.85. The molecular weight excluding hydrogens is 292 g/mol. The van der Waals surface area contributed by atoms with Crippen molar-refractivity contribution >= 4 is 11.9 Å². The summed E-state index contributed by atoms with van der Waals surface area (Å²) in [6, 6.07) is 9.94. The number of carbonyl (C=O) groups is 2. The molecule has 1 aliphatic rings. The minimum atomic E-state index is -0.316. The van der Waals surface area contributed by atoms with E-state index in [0.717, 1.165) is 13.0 Å². The molecule has 23 heavy (non-hydrogen) atoms. The maximum absolute atomic E-state index is 11.3. The van der Waals surface area contributed by atoms with Gasteiger partial charge in [0, 0.05) is 13.1 Å². The zero-order chi connectivity index (χ0) is 16.7. The van der Waals surface area contributed by atoms with Gasteiger partial charge in [-0.05, 0) is 25.8 Å². The number of hydrazine groups is 1. The zero-order valence-electron chi connectivity index (χ0n) is 13.6. The highest BCUT2D eigenvalue weighted by atomic mass is 16.2. The number of nitrogens with one attached hydrogen (secondary N) is 3. The number of amides is 3. The van der Waals surface area contributed by atoms with Crippen LogP contribution in [0.4, 0.5) is 4.79 Å². The molecule has 1 aromatic rings. The molecule has 0 aliphatic carbocycles. The Morgan fingerprint density at radius 1 is 1.22 bits per heavy atom. The van der Waals surface area contributed by atoms with Crippen LogP contribution >= 0.6 is 0 Å². The van der Waals surface area contributed by atoms with Gasteiger partial charge in [0.2, 0.25) is 5.91 Å². The molecule has 1 heterocycles. The van der Waals surface area contributed by atoms with E-state index in [2.05, 4.69) is 42.1 Å². The lowest BCUT2D eigenvalue weighted by molar-refractivity contribution is -0.118. The van der Waals surface area contributed by atoms with Crippen molar-refractivity contribution in [3.8, 4) is 0 Å². The van der Waals surface area contributed by atoms with E-state index in [4.69, 9.17) is 0 Å². The van der Waals surface area contributed by atoms with Crippen LogP contribution in [0.2, 0.25) is 0 Å². The third kappa shape index (κ3) is 5.19. The second kappa shape index (κ2) is 7.89. The fraction of sp³-hybridized carbons (Fsp3) is 0.412. The van der Waals surface area contributed by atoms with Crippen molar-refractivity contribution in [2.24, 2.45) is 0 Å². The van der Waals surface area contributed by atoms with E-state index in [1.54, 1.807) is 0 Å². The van der Waals surface area contributed by atoms with Gasteiger partial charge in [0.25, 0.3) is 0 Å². The molecule has 0 spiro atoms. The van der Waals surface area contributed by atoms with E-state index in [0.29, 0.717) is 6.54 Å². The second-order valence-corrected chi connectivity index (χ2v) is 6.04. The Hall–Kier alpha value is -2.18. The molecule has 0 saturated carbocycles. The van der Waals surface area contributed by atoms with E-state index in [9.17, 15) is 9.59 Å². The van der Waals surface area contributed by atoms with E-state index in [1.807, 2.05) is 30.4 Å². The molecule has 6 heteroatoms. The summed E-state index contributed by atoms with van der Waals surface area (Å²) in [5.41, 5.74) is 7.60.